The monoisotopic (exact) mass is 497 g/mol. The average Bonchev–Trinajstić information content (AvgIpc) is 2.95. The van der Waals surface area contributed by atoms with E-state index in [9.17, 15) is 5.21 Å². The first-order chi connectivity index (χ1) is 18.3. The molecule has 0 saturated heterocycles. The summed E-state index contributed by atoms with van der Waals surface area (Å²) in [5.41, 5.74) is 4.24. The molecular formula is C32H35NO4. The molecule has 0 unspecified atom stereocenters. The fourth-order valence-corrected chi connectivity index (χ4v) is 4.06. The Morgan fingerprint density at radius 2 is 0.919 bits per heavy atom. The summed E-state index contributed by atoms with van der Waals surface area (Å²) in [5.74, 6) is 0. The zero-order valence-electron chi connectivity index (χ0n) is 21.1. The van der Waals surface area contributed by atoms with Gasteiger partial charge in [0.2, 0.25) is 0 Å². The standard InChI is InChI=1S/C32H35NO4/c34-33(21-27-13-5-1-6-14-27)31(25-35-22-28-15-7-2-8-16-28)32(37-24-30-19-11-4-12-20-30)26-36-23-29-17-9-3-10-18-29/h1-20,31-32,34H,21-26H2/t31-,32+/m0/s1. The third-order valence-corrected chi connectivity index (χ3v) is 6.10. The third-order valence-electron chi connectivity index (χ3n) is 6.10. The highest BCUT2D eigenvalue weighted by Gasteiger charge is 2.29. The molecule has 0 aromatic heterocycles. The van der Waals surface area contributed by atoms with Crippen molar-refractivity contribution in [2.45, 2.75) is 38.5 Å². The first kappa shape index (κ1) is 26.7. The van der Waals surface area contributed by atoms with E-state index in [1.165, 1.54) is 5.06 Å². The van der Waals surface area contributed by atoms with E-state index < -0.39 is 12.1 Å². The number of ether oxygens (including phenoxy) is 3. The highest BCUT2D eigenvalue weighted by Crippen LogP contribution is 2.16. The van der Waals surface area contributed by atoms with Crippen LogP contribution in [0.15, 0.2) is 121 Å². The fourth-order valence-electron chi connectivity index (χ4n) is 4.06. The lowest BCUT2D eigenvalue weighted by Gasteiger charge is -2.33. The van der Waals surface area contributed by atoms with Gasteiger partial charge in [0.15, 0.2) is 0 Å². The van der Waals surface area contributed by atoms with Gasteiger partial charge in [-0.2, -0.15) is 5.06 Å². The fraction of sp³-hybridized carbons (Fsp3) is 0.250. The maximum atomic E-state index is 11.3. The van der Waals surface area contributed by atoms with Gasteiger partial charge in [-0.25, -0.2) is 0 Å². The van der Waals surface area contributed by atoms with Gasteiger partial charge in [0.25, 0.3) is 0 Å². The Morgan fingerprint density at radius 1 is 0.514 bits per heavy atom. The summed E-state index contributed by atoms with van der Waals surface area (Å²) < 4.78 is 18.6. The number of nitrogens with zero attached hydrogens (tertiary/aromatic N) is 1. The van der Waals surface area contributed by atoms with Gasteiger partial charge in [0.1, 0.15) is 6.10 Å². The van der Waals surface area contributed by atoms with Gasteiger partial charge in [-0.05, 0) is 22.3 Å². The Labute approximate surface area is 219 Å². The minimum absolute atomic E-state index is 0.284. The molecule has 0 spiro atoms. The van der Waals surface area contributed by atoms with Crippen LogP contribution in [0.4, 0.5) is 0 Å². The van der Waals surface area contributed by atoms with Crippen LogP contribution in [0.2, 0.25) is 0 Å². The number of rotatable bonds is 15. The van der Waals surface area contributed by atoms with E-state index in [0.717, 1.165) is 22.3 Å². The van der Waals surface area contributed by atoms with Crippen LogP contribution < -0.4 is 0 Å². The molecule has 5 nitrogen and oxygen atoms in total. The summed E-state index contributed by atoms with van der Waals surface area (Å²) in [4.78, 5) is 0. The van der Waals surface area contributed by atoms with Crippen LogP contribution in [0, 0.1) is 0 Å². The molecule has 0 amide bonds. The second kappa shape index (κ2) is 15.1. The Hall–Kier alpha value is -3.32. The van der Waals surface area contributed by atoms with Gasteiger partial charge in [0, 0.05) is 6.54 Å². The molecule has 0 fully saturated rings. The van der Waals surface area contributed by atoms with Crippen LogP contribution in [0.25, 0.3) is 0 Å². The molecule has 192 valence electrons. The molecule has 4 aromatic rings. The van der Waals surface area contributed by atoms with Gasteiger partial charge in [0.05, 0.1) is 39.1 Å². The van der Waals surface area contributed by atoms with Crippen molar-refractivity contribution in [1.29, 1.82) is 0 Å². The highest BCUT2D eigenvalue weighted by molar-refractivity contribution is 5.16. The number of benzene rings is 4. The SMILES string of the molecule is ON(Cc1ccccc1)[C@@H](COCc1ccccc1)[C@@H](COCc1ccccc1)OCc1ccccc1. The van der Waals surface area contributed by atoms with Gasteiger partial charge < -0.3 is 19.4 Å². The van der Waals surface area contributed by atoms with Crippen LogP contribution in [0.1, 0.15) is 22.3 Å². The molecular weight excluding hydrogens is 462 g/mol. The van der Waals surface area contributed by atoms with Gasteiger partial charge >= 0.3 is 0 Å². The molecule has 37 heavy (non-hydrogen) atoms. The molecule has 1 N–H and O–H groups in total. The Balaban J connectivity index is 1.47. The predicted molar refractivity (Wildman–Crippen MR) is 145 cm³/mol. The summed E-state index contributed by atoms with van der Waals surface area (Å²) in [7, 11) is 0. The van der Waals surface area contributed by atoms with Gasteiger partial charge in [-0.3, -0.25) is 0 Å². The third kappa shape index (κ3) is 9.25. The van der Waals surface area contributed by atoms with E-state index in [2.05, 4.69) is 0 Å². The van der Waals surface area contributed by atoms with Crippen molar-refractivity contribution in [3.8, 4) is 0 Å². The van der Waals surface area contributed by atoms with Crippen LogP contribution >= 0.6 is 0 Å². The van der Waals surface area contributed by atoms with Crippen LogP contribution in [0.5, 0.6) is 0 Å². The Kier molecular flexibility index (Phi) is 10.9. The molecule has 2 atom stereocenters. The smallest absolute Gasteiger partial charge is 0.101 e. The normalized spacial score (nSPS) is 12.9. The average molecular weight is 498 g/mol. The van der Waals surface area contributed by atoms with Gasteiger partial charge in [-0.15, -0.1) is 0 Å². The molecule has 4 rings (SSSR count). The van der Waals surface area contributed by atoms with Crippen molar-refractivity contribution in [3.05, 3.63) is 144 Å². The van der Waals surface area contributed by atoms with E-state index in [0.29, 0.717) is 33.0 Å². The van der Waals surface area contributed by atoms with Crippen molar-refractivity contribution >= 4 is 0 Å². The molecule has 0 bridgehead atoms. The minimum atomic E-state index is -0.441. The summed E-state index contributed by atoms with van der Waals surface area (Å²) >= 11 is 0. The van der Waals surface area contributed by atoms with Crippen molar-refractivity contribution in [3.63, 3.8) is 0 Å². The second-order valence-corrected chi connectivity index (χ2v) is 8.99. The van der Waals surface area contributed by atoms with E-state index in [1.54, 1.807) is 0 Å². The Morgan fingerprint density at radius 3 is 1.41 bits per heavy atom. The molecule has 0 heterocycles. The first-order valence-corrected chi connectivity index (χ1v) is 12.7. The van der Waals surface area contributed by atoms with Crippen molar-refractivity contribution in [2.24, 2.45) is 0 Å². The number of hydroxylamine groups is 2. The number of hydrogen-bond donors (Lipinski definition) is 1. The quantitative estimate of drug-likeness (QED) is 0.196. The topological polar surface area (TPSA) is 51.2 Å². The zero-order valence-corrected chi connectivity index (χ0v) is 21.1. The zero-order chi connectivity index (χ0) is 25.5. The summed E-state index contributed by atoms with van der Waals surface area (Å²) in [5, 5.41) is 12.6. The van der Waals surface area contributed by atoms with Crippen molar-refractivity contribution in [2.75, 3.05) is 13.2 Å². The molecule has 0 aliphatic carbocycles. The largest absolute Gasteiger partial charge is 0.375 e. The second-order valence-electron chi connectivity index (χ2n) is 8.99. The molecule has 0 aliphatic rings. The summed E-state index contributed by atoms with van der Waals surface area (Å²) in [6.45, 7) is 2.28. The molecule has 0 saturated carbocycles. The van der Waals surface area contributed by atoms with Gasteiger partial charge in [-0.1, -0.05) is 121 Å². The van der Waals surface area contributed by atoms with Crippen LogP contribution in [-0.4, -0.2) is 35.6 Å². The van der Waals surface area contributed by atoms with Crippen LogP contribution in [-0.2, 0) is 40.6 Å². The highest BCUT2D eigenvalue weighted by atomic mass is 16.6. The lowest BCUT2D eigenvalue weighted by Crippen LogP contribution is -2.48. The van der Waals surface area contributed by atoms with E-state index in [4.69, 9.17) is 14.2 Å². The summed E-state index contributed by atoms with van der Waals surface area (Å²) in [6.07, 6.45) is -0.423. The molecule has 0 radical (unpaired) electrons. The van der Waals surface area contributed by atoms with E-state index >= 15 is 0 Å². The minimum Gasteiger partial charge on any atom is -0.375 e. The number of hydrogen-bond acceptors (Lipinski definition) is 5. The lowest BCUT2D eigenvalue weighted by atomic mass is 10.1. The predicted octanol–water partition coefficient (Wildman–Crippen LogP) is 6.27. The van der Waals surface area contributed by atoms with E-state index in [-0.39, 0.29) is 6.61 Å². The van der Waals surface area contributed by atoms with Crippen LogP contribution in [0.3, 0.4) is 0 Å². The van der Waals surface area contributed by atoms with Crippen molar-refractivity contribution < 1.29 is 19.4 Å². The maximum Gasteiger partial charge on any atom is 0.101 e. The van der Waals surface area contributed by atoms with Crippen molar-refractivity contribution in [1.82, 2.24) is 5.06 Å². The maximum absolute atomic E-state index is 11.3. The molecule has 4 aromatic carbocycles. The first-order valence-electron chi connectivity index (χ1n) is 12.7. The summed E-state index contributed by atoms with van der Waals surface area (Å²) in [6, 6.07) is 39.6. The molecule has 5 heteroatoms. The molecule has 0 aliphatic heterocycles. The lowest BCUT2D eigenvalue weighted by molar-refractivity contribution is -0.199. The Bertz CT molecular complexity index is 1130. The van der Waals surface area contributed by atoms with E-state index in [1.807, 2.05) is 121 Å².